The summed E-state index contributed by atoms with van der Waals surface area (Å²) in [4.78, 5) is 14.0. The van der Waals surface area contributed by atoms with Crippen LogP contribution in [0.5, 0.6) is 0 Å². The second-order valence-electron chi connectivity index (χ2n) is 4.54. The molecule has 0 bridgehead atoms. The molecule has 2 aromatic carbocycles. The number of para-hydroxylation sites is 1. The number of rotatable bonds is 1. The molecule has 2 aromatic rings. The standard InChI is InChI=1S/C15H13BrN2O/c16-12-5-3-6-13(8-12)18-9-11-4-1-2-7-14(11)17-15(19)10-18/h1-8H,9-10H2,(H,17,19). The van der Waals surface area contributed by atoms with E-state index in [1.54, 1.807) is 0 Å². The Morgan fingerprint density at radius 1 is 1.05 bits per heavy atom. The van der Waals surface area contributed by atoms with Crippen molar-refractivity contribution >= 4 is 33.2 Å². The number of carbonyl (C=O) groups is 1. The third-order valence-electron chi connectivity index (χ3n) is 3.16. The number of halogens is 1. The van der Waals surface area contributed by atoms with Gasteiger partial charge in [-0.3, -0.25) is 4.79 Å². The fourth-order valence-electron chi connectivity index (χ4n) is 2.26. The molecule has 0 atom stereocenters. The van der Waals surface area contributed by atoms with Crippen LogP contribution in [0.4, 0.5) is 11.4 Å². The molecule has 3 nitrogen and oxygen atoms in total. The molecule has 1 N–H and O–H groups in total. The first kappa shape index (κ1) is 12.2. The van der Waals surface area contributed by atoms with Crippen molar-refractivity contribution in [3.05, 3.63) is 58.6 Å². The molecule has 1 aliphatic heterocycles. The Bertz CT molecular complexity index is 627. The van der Waals surface area contributed by atoms with Crippen LogP contribution in [0.15, 0.2) is 53.0 Å². The number of hydrogen-bond acceptors (Lipinski definition) is 2. The summed E-state index contributed by atoms with van der Waals surface area (Å²) in [5, 5.41) is 2.94. The number of carbonyl (C=O) groups excluding carboxylic acids is 1. The van der Waals surface area contributed by atoms with Crippen molar-refractivity contribution in [2.45, 2.75) is 6.54 Å². The Morgan fingerprint density at radius 3 is 2.74 bits per heavy atom. The van der Waals surface area contributed by atoms with Gasteiger partial charge in [0.05, 0.1) is 6.54 Å². The Labute approximate surface area is 120 Å². The molecule has 1 amide bonds. The molecule has 3 rings (SSSR count). The van der Waals surface area contributed by atoms with Crippen LogP contribution in [0.3, 0.4) is 0 Å². The number of anilines is 2. The molecule has 0 spiro atoms. The Hall–Kier alpha value is -1.81. The summed E-state index contributed by atoms with van der Waals surface area (Å²) in [5.41, 5.74) is 3.08. The minimum Gasteiger partial charge on any atom is -0.358 e. The first-order chi connectivity index (χ1) is 9.22. The zero-order chi connectivity index (χ0) is 13.2. The number of hydrogen-bond donors (Lipinski definition) is 1. The molecule has 96 valence electrons. The normalized spacial score (nSPS) is 14.6. The topological polar surface area (TPSA) is 32.3 Å². The summed E-state index contributed by atoms with van der Waals surface area (Å²) in [6.07, 6.45) is 0. The number of nitrogens with zero attached hydrogens (tertiary/aromatic N) is 1. The minimum atomic E-state index is 0.0184. The summed E-state index contributed by atoms with van der Waals surface area (Å²) in [5.74, 6) is 0.0184. The van der Waals surface area contributed by atoms with Crippen molar-refractivity contribution in [2.75, 3.05) is 16.8 Å². The Balaban J connectivity index is 1.98. The second-order valence-corrected chi connectivity index (χ2v) is 5.46. The SMILES string of the molecule is O=C1CN(c2cccc(Br)c2)Cc2ccccc2N1. The predicted molar refractivity (Wildman–Crippen MR) is 80.3 cm³/mol. The fourth-order valence-corrected chi connectivity index (χ4v) is 2.65. The smallest absolute Gasteiger partial charge is 0.243 e. The van der Waals surface area contributed by atoms with E-state index in [1.165, 1.54) is 0 Å². The first-order valence-electron chi connectivity index (χ1n) is 6.10. The van der Waals surface area contributed by atoms with Crippen LogP contribution in [-0.4, -0.2) is 12.5 Å². The minimum absolute atomic E-state index is 0.0184. The highest BCUT2D eigenvalue weighted by Crippen LogP contribution is 2.26. The number of fused-ring (bicyclic) bond motifs is 1. The van der Waals surface area contributed by atoms with Gasteiger partial charge >= 0.3 is 0 Å². The van der Waals surface area contributed by atoms with Crippen molar-refractivity contribution in [1.82, 2.24) is 0 Å². The highest BCUT2D eigenvalue weighted by atomic mass is 79.9. The third kappa shape index (κ3) is 2.63. The average Bonchev–Trinajstić information content (AvgIpc) is 2.56. The van der Waals surface area contributed by atoms with Crippen LogP contribution in [0.2, 0.25) is 0 Å². The fraction of sp³-hybridized carbons (Fsp3) is 0.133. The Morgan fingerprint density at radius 2 is 1.89 bits per heavy atom. The van der Waals surface area contributed by atoms with Crippen LogP contribution in [-0.2, 0) is 11.3 Å². The van der Waals surface area contributed by atoms with Gasteiger partial charge < -0.3 is 10.2 Å². The molecule has 0 unspecified atom stereocenters. The van der Waals surface area contributed by atoms with Gasteiger partial charge in [0.1, 0.15) is 0 Å². The highest BCUT2D eigenvalue weighted by molar-refractivity contribution is 9.10. The second kappa shape index (κ2) is 5.05. The lowest BCUT2D eigenvalue weighted by Crippen LogP contribution is -2.29. The van der Waals surface area contributed by atoms with Crippen LogP contribution in [0.25, 0.3) is 0 Å². The maximum Gasteiger partial charge on any atom is 0.243 e. The lowest BCUT2D eigenvalue weighted by molar-refractivity contribution is -0.114. The molecule has 0 radical (unpaired) electrons. The molecular weight excluding hydrogens is 304 g/mol. The third-order valence-corrected chi connectivity index (χ3v) is 3.65. The molecule has 0 fully saturated rings. The summed E-state index contributed by atoms with van der Waals surface area (Å²) in [7, 11) is 0. The zero-order valence-corrected chi connectivity index (χ0v) is 11.9. The zero-order valence-electron chi connectivity index (χ0n) is 10.3. The van der Waals surface area contributed by atoms with Crippen LogP contribution >= 0.6 is 15.9 Å². The lowest BCUT2D eigenvalue weighted by Gasteiger charge is -2.22. The molecule has 19 heavy (non-hydrogen) atoms. The van der Waals surface area contributed by atoms with E-state index in [-0.39, 0.29) is 5.91 Å². The molecule has 0 aromatic heterocycles. The first-order valence-corrected chi connectivity index (χ1v) is 6.90. The van der Waals surface area contributed by atoms with E-state index in [1.807, 2.05) is 48.5 Å². The monoisotopic (exact) mass is 316 g/mol. The van der Waals surface area contributed by atoms with Gasteiger partial charge in [-0.2, -0.15) is 0 Å². The van der Waals surface area contributed by atoms with Gasteiger partial charge in [0.2, 0.25) is 5.91 Å². The van der Waals surface area contributed by atoms with Gasteiger partial charge in [0.15, 0.2) is 0 Å². The molecule has 0 saturated heterocycles. The maximum absolute atomic E-state index is 11.9. The predicted octanol–water partition coefficient (Wildman–Crippen LogP) is 3.41. The molecule has 1 aliphatic rings. The summed E-state index contributed by atoms with van der Waals surface area (Å²) < 4.78 is 1.02. The summed E-state index contributed by atoms with van der Waals surface area (Å²) >= 11 is 3.47. The highest BCUT2D eigenvalue weighted by Gasteiger charge is 2.19. The van der Waals surface area contributed by atoms with Crippen molar-refractivity contribution in [2.24, 2.45) is 0 Å². The molecule has 4 heteroatoms. The van der Waals surface area contributed by atoms with Gasteiger partial charge in [-0.1, -0.05) is 40.2 Å². The lowest BCUT2D eigenvalue weighted by atomic mass is 10.1. The van der Waals surface area contributed by atoms with E-state index in [0.717, 1.165) is 28.0 Å². The van der Waals surface area contributed by atoms with Crippen molar-refractivity contribution in [3.63, 3.8) is 0 Å². The number of nitrogens with one attached hydrogen (secondary N) is 1. The molecular formula is C15H13BrN2O. The van der Waals surface area contributed by atoms with E-state index in [9.17, 15) is 4.79 Å². The Kier molecular flexibility index (Phi) is 3.25. The van der Waals surface area contributed by atoms with Gasteiger partial charge in [-0.15, -0.1) is 0 Å². The van der Waals surface area contributed by atoms with Gasteiger partial charge in [-0.05, 0) is 29.8 Å². The van der Waals surface area contributed by atoms with Crippen LogP contribution in [0, 0.1) is 0 Å². The maximum atomic E-state index is 11.9. The van der Waals surface area contributed by atoms with Crippen molar-refractivity contribution in [1.29, 1.82) is 0 Å². The quantitative estimate of drug-likeness (QED) is 0.874. The molecule has 0 aliphatic carbocycles. The molecule has 0 saturated carbocycles. The number of benzene rings is 2. The van der Waals surface area contributed by atoms with E-state index in [4.69, 9.17) is 0 Å². The van der Waals surface area contributed by atoms with Crippen molar-refractivity contribution < 1.29 is 4.79 Å². The van der Waals surface area contributed by atoms with Crippen molar-refractivity contribution in [3.8, 4) is 0 Å². The summed E-state index contributed by atoms with van der Waals surface area (Å²) in [6, 6.07) is 15.9. The summed E-state index contributed by atoms with van der Waals surface area (Å²) in [6.45, 7) is 1.09. The van der Waals surface area contributed by atoms with Gasteiger partial charge in [0.25, 0.3) is 0 Å². The van der Waals surface area contributed by atoms with E-state index in [2.05, 4.69) is 26.1 Å². The molecule has 1 heterocycles. The van der Waals surface area contributed by atoms with E-state index >= 15 is 0 Å². The van der Waals surface area contributed by atoms with E-state index < -0.39 is 0 Å². The average molecular weight is 317 g/mol. The number of amides is 1. The van der Waals surface area contributed by atoms with Gasteiger partial charge in [0, 0.05) is 22.4 Å². The van der Waals surface area contributed by atoms with Crippen LogP contribution < -0.4 is 10.2 Å². The largest absolute Gasteiger partial charge is 0.358 e. The van der Waals surface area contributed by atoms with Crippen LogP contribution in [0.1, 0.15) is 5.56 Å². The van der Waals surface area contributed by atoms with E-state index in [0.29, 0.717) is 6.54 Å². The van der Waals surface area contributed by atoms with Gasteiger partial charge in [-0.25, -0.2) is 0 Å².